The molecule has 4 N–H and O–H groups in total. The lowest BCUT2D eigenvalue weighted by atomic mass is 10.2. The average molecular weight is 375 g/mol. The van der Waals surface area contributed by atoms with Gasteiger partial charge in [-0.3, -0.25) is 4.79 Å². The van der Waals surface area contributed by atoms with Gasteiger partial charge in [-0.1, -0.05) is 0 Å². The largest absolute Gasteiger partial charge is 0.492 e. The number of pyridine rings is 1. The summed E-state index contributed by atoms with van der Waals surface area (Å²) < 4.78 is 16.5. The highest BCUT2D eigenvalue weighted by molar-refractivity contribution is 5.92. The Kier molecular flexibility index (Phi) is 8.34. The number of nitrogens with zero attached hydrogens (tertiary/aromatic N) is 1. The van der Waals surface area contributed by atoms with Gasteiger partial charge in [-0.15, -0.1) is 0 Å². The van der Waals surface area contributed by atoms with Crippen LogP contribution in [0, 0.1) is 0 Å². The minimum absolute atomic E-state index is 0.0968. The molecule has 146 valence electrons. The van der Waals surface area contributed by atoms with Crippen molar-refractivity contribution in [1.29, 1.82) is 0 Å². The number of carbonyl (C=O) groups is 1. The van der Waals surface area contributed by atoms with E-state index >= 15 is 0 Å². The molecule has 0 radical (unpaired) electrons. The van der Waals surface area contributed by atoms with Crippen molar-refractivity contribution in [2.24, 2.45) is 5.73 Å². The maximum absolute atomic E-state index is 11.0. The molecule has 0 aliphatic heterocycles. The zero-order valence-electron chi connectivity index (χ0n) is 15.3. The standard InChI is InChI=1S/C19H25N3O5/c1-2-25-17-4-3-9-22-19(17)27-13-15(23)12-21-10-11-26-16-7-5-14(6-8-16)18(20)24/h3-9,15,21,23H,2,10-13H2,1H3,(H2,20,24). The Hall–Kier alpha value is -2.84. The molecule has 2 rings (SSSR count). The number of nitrogens with one attached hydrogen (secondary N) is 1. The number of aromatic nitrogens is 1. The molecule has 8 heteroatoms. The Balaban J connectivity index is 1.62. The van der Waals surface area contributed by atoms with Crippen LogP contribution in [-0.2, 0) is 0 Å². The predicted molar refractivity (Wildman–Crippen MR) is 100 cm³/mol. The van der Waals surface area contributed by atoms with E-state index in [1.54, 1.807) is 42.6 Å². The van der Waals surface area contributed by atoms with Gasteiger partial charge in [0, 0.05) is 24.8 Å². The van der Waals surface area contributed by atoms with Crippen molar-refractivity contribution in [3.05, 3.63) is 48.2 Å². The van der Waals surface area contributed by atoms with Crippen LogP contribution < -0.4 is 25.3 Å². The molecule has 2 aromatic rings. The Morgan fingerprint density at radius 3 is 2.70 bits per heavy atom. The number of carbonyl (C=O) groups excluding carboxylic acids is 1. The van der Waals surface area contributed by atoms with Gasteiger partial charge in [0.15, 0.2) is 5.75 Å². The molecular formula is C19H25N3O5. The summed E-state index contributed by atoms with van der Waals surface area (Å²) in [5, 5.41) is 13.1. The van der Waals surface area contributed by atoms with E-state index < -0.39 is 12.0 Å². The first kappa shape index (κ1) is 20.5. The van der Waals surface area contributed by atoms with Gasteiger partial charge in [0.2, 0.25) is 5.91 Å². The molecule has 0 saturated carbocycles. The minimum Gasteiger partial charge on any atom is -0.492 e. The fourth-order valence-electron chi connectivity index (χ4n) is 2.21. The molecule has 1 amide bonds. The van der Waals surface area contributed by atoms with Gasteiger partial charge < -0.3 is 30.4 Å². The summed E-state index contributed by atoms with van der Waals surface area (Å²) in [7, 11) is 0. The van der Waals surface area contributed by atoms with Crippen LogP contribution in [0.15, 0.2) is 42.6 Å². The second kappa shape index (κ2) is 11.0. The molecule has 1 aromatic heterocycles. The molecule has 0 bridgehead atoms. The van der Waals surface area contributed by atoms with Crippen molar-refractivity contribution >= 4 is 5.91 Å². The first-order valence-corrected chi connectivity index (χ1v) is 8.72. The molecule has 1 aromatic carbocycles. The van der Waals surface area contributed by atoms with Gasteiger partial charge in [0.1, 0.15) is 25.1 Å². The number of hydrogen-bond donors (Lipinski definition) is 3. The fourth-order valence-corrected chi connectivity index (χ4v) is 2.21. The number of ether oxygens (including phenoxy) is 3. The molecule has 27 heavy (non-hydrogen) atoms. The summed E-state index contributed by atoms with van der Waals surface area (Å²) in [6.07, 6.45) is 0.909. The van der Waals surface area contributed by atoms with Gasteiger partial charge in [-0.05, 0) is 43.3 Å². The van der Waals surface area contributed by atoms with Crippen molar-refractivity contribution < 1.29 is 24.1 Å². The third kappa shape index (κ3) is 7.12. The Morgan fingerprint density at radius 1 is 1.22 bits per heavy atom. The summed E-state index contributed by atoms with van der Waals surface area (Å²) >= 11 is 0. The van der Waals surface area contributed by atoms with Crippen LogP contribution >= 0.6 is 0 Å². The number of amides is 1. The lowest BCUT2D eigenvalue weighted by Crippen LogP contribution is -2.33. The second-order valence-electron chi connectivity index (χ2n) is 5.65. The molecule has 8 nitrogen and oxygen atoms in total. The summed E-state index contributed by atoms with van der Waals surface area (Å²) in [6, 6.07) is 10.1. The smallest absolute Gasteiger partial charge is 0.257 e. The van der Waals surface area contributed by atoms with E-state index in [2.05, 4.69) is 10.3 Å². The molecular weight excluding hydrogens is 350 g/mol. The van der Waals surface area contributed by atoms with Crippen molar-refractivity contribution in [1.82, 2.24) is 10.3 Å². The monoisotopic (exact) mass is 375 g/mol. The third-order valence-electron chi connectivity index (χ3n) is 3.51. The quantitative estimate of drug-likeness (QED) is 0.474. The van der Waals surface area contributed by atoms with Crippen LogP contribution in [0.1, 0.15) is 17.3 Å². The maximum atomic E-state index is 11.0. The number of aliphatic hydroxyl groups is 1. The summed E-state index contributed by atoms with van der Waals surface area (Å²) in [5.74, 6) is 1.08. The van der Waals surface area contributed by atoms with E-state index in [0.29, 0.717) is 49.2 Å². The summed E-state index contributed by atoms with van der Waals surface area (Å²) in [6.45, 7) is 3.79. The Bertz CT molecular complexity index is 709. The van der Waals surface area contributed by atoms with Crippen molar-refractivity contribution in [2.45, 2.75) is 13.0 Å². The number of hydrogen-bond acceptors (Lipinski definition) is 7. The van der Waals surface area contributed by atoms with Gasteiger partial charge in [0.05, 0.1) is 6.61 Å². The average Bonchev–Trinajstić information content (AvgIpc) is 2.67. The van der Waals surface area contributed by atoms with E-state index in [4.69, 9.17) is 19.9 Å². The summed E-state index contributed by atoms with van der Waals surface area (Å²) in [5.41, 5.74) is 5.62. The number of aliphatic hydroxyl groups excluding tert-OH is 1. The lowest BCUT2D eigenvalue weighted by Gasteiger charge is -2.14. The van der Waals surface area contributed by atoms with Crippen LogP contribution in [0.2, 0.25) is 0 Å². The molecule has 0 spiro atoms. The molecule has 1 unspecified atom stereocenters. The zero-order chi connectivity index (χ0) is 19.5. The highest BCUT2D eigenvalue weighted by atomic mass is 16.5. The van der Waals surface area contributed by atoms with Crippen molar-refractivity contribution in [3.8, 4) is 17.4 Å². The molecule has 1 atom stereocenters. The van der Waals surface area contributed by atoms with Gasteiger partial charge in [-0.2, -0.15) is 0 Å². The lowest BCUT2D eigenvalue weighted by molar-refractivity contribution is 0.0999. The molecule has 0 fully saturated rings. The van der Waals surface area contributed by atoms with E-state index in [-0.39, 0.29) is 6.61 Å². The highest BCUT2D eigenvalue weighted by Gasteiger charge is 2.09. The first-order valence-electron chi connectivity index (χ1n) is 8.72. The number of benzene rings is 1. The van der Waals surface area contributed by atoms with E-state index in [1.165, 1.54) is 0 Å². The fraction of sp³-hybridized carbons (Fsp3) is 0.368. The second-order valence-corrected chi connectivity index (χ2v) is 5.65. The van der Waals surface area contributed by atoms with Crippen molar-refractivity contribution in [2.75, 3.05) is 32.9 Å². The normalized spacial score (nSPS) is 11.6. The molecule has 0 aliphatic rings. The molecule has 0 saturated heterocycles. The first-order chi connectivity index (χ1) is 13.1. The highest BCUT2D eigenvalue weighted by Crippen LogP contribution is 2.23. The van der Waals surface area contributed by atoms with Gasteiger partial charge in [-0.25, -0.2) is 4.98 Å². The van der Waals surface area contributed by atoms with E-state index in [1.807, 2.05) is 6.92 Å². The summed E-state index contributed by atoms with van der Waals surface area (Å²) in [4.78, 5) is 15.1. The Labute approximate surface area is 158 Å². The third-order valence-corrected chi connectivity index (χ3v) is 3.51. The van der Waals surface area contributed by atoms with Crippen LogP contribution in [0.25, 0.3) is 0 Å². The number of primary amides is 1. The predicted octanol–water partition coefficient (Wildman–Crippen LogP) is 0.988. The SMILES string of the molecule is CCOc1cccnc1OCC(O)CNCCOc1ccc(C(N)=O)cc1. The van der Waals surface area contributed by atoms with Crippen LogP contribution in [0.5, 0.6) is 17.4 Å². The Morgan fingerprint density at radius 2 is 2.00 bits per heavy atom. The topological polar surface area (TPSA) is 116 Å². The van der Waals surface area contributed by atoms with Crippen molar-refractivity contribution in [3.63, 3.8) is 0 Å². The maximum Gasteiger partial charge on any atom is 0.257 e. The minimum atomic E-state index is -0.698. The number of nitrogens with two attached hydrogens (primary N) is 1. The van der Waals surface area contributed by atoms with Gasteiger partial charge >= 0.3 is 0 Å². The van der Waals surface area contributed by atoms with Crippen LogP contribution in [-0.4, -0.2) is 55.0 Å². The van der Waals surface area contributed by atoms with Crippen LogP contribution in [0.4, 0.5) is 0 Å². The van der Waals surface area contributed by atoms with Crippen LogP contribution in [0.3, 0.4) is 0 Å². The molecule has 0 aliphatic carbocycles. The van der Waals surface area contributed by atoms with Gasteiger partial charge in [0.25, 0.3) is 5.88 Å². The molecule has 1 heterocycles. The van der Waals surface area contributed by atoms with E-state index in [9.17, 15) is 9.90 Å². The zero-order valence-corrected chi connectivity index (χ0v) is 15.3. The van der Waals surface area contributed by atoms with E-state index in [0.717, 1.165) is 0 Å². The number of rotatable bonds is 12.